The fraction of sp³-hybridized carbons (Fsp3) is 0.217. The van der Waals surface area contributed by atoms with Crippen LogP contribution in [0.15, 0.2) is 43.0 Å². The van der Waals surface area contributed by atoms with Crippen LogP contribution in [-0.2, 0) is 13.6 Å². The average molecular weight is 461 g/mol. The highest BCUT2D eigenvalue weighted by Crippen LogP contribution is 2.28. The van der Waals surface area contributed by atoms with Crippen LogP contribution in [0, 0.1) is 11.6 Å². The van der Waals surface area contributed by atoms with E-state index in [0.717, 1.165) is 48.1 Å². The summed E-state index contributed by atoms with van der Waals surface area (Å²) in [4.78, 5) is 16.7. The molecule has 0 bridgehead atoms. The molecule has 6 rings (SSSR count). The molecule has 0 spiro atoms. The molecule has 0 unspecified atom stereocenters. The number of aromatic amines is 1. The molecule has 34 heavy (non-hydrogen) atoms. The highest BCUT2D eigenvalue weighted by atomic mass is 19.2. The third-order valence-corrected chi connectivity index (χ3v) is 5.90. The lowest BCUT2D eigenvalue weighted by Crippen LogP contribution is -2.20. The molecular formula is C23H21F2N9. The van der Waals surface area contributed by atoms with E-state index < -0.39 is 11.6 Å². The van der Waals surface area contributed by atoms with Crippen LogP contribution in [0.5, 0.6) is 0 Å². The zero-order chi connectivity index (χ0) is 23.2. The standard InChI is InChI=1S/C23H21F2N9/c1-33-11-14(8-29-33)18-9-28-23-22(31-17(12-34(18)23)13-4-6-26-7-5-13)27-10-19-30-16-3-2-15(24)20(25)21(16)32-19/h2-4,8-9,11-12,26H,5-7,10H2,1H3,(H,27,31)(H,30,32). The molecule has 0 saturated carbocycles. The Balaban J connectivity index is 1.41. The quantitative estimate of drug-likeness (QED) is 0.372. The number of nitrogens with zero attached hydrogens (tertiary/aromatic N) is 6. The Hall–Kier alpha value is -4.12. The Morgan fingerprint density at radius 2 is 2.06 bits per heavy atom. The normalized spacial score (nSPS) is 14.1. The van der Waals surface area contributed by atoms with Gasteiger partial charge in [-0.05, 0) is 30.7 Å². The van der Waals surface area contributed by atoms with Gasteiger partial charge in [0, 0.05) is 31.5 Å². The van der Waals surface area contributed by atoms with Gasteiger partial charge in [0.2, 0.25) is 0 Å². The minimum atomic E-state index is -0.963. The first-order valence-corrected chi connectivity index (χ1v) is 10.9. The second-order valence-corrected chi connectivity index (χ2v) is 8.19. The number of halogens is 2. The lowest BCUT2D eigenvalue weighted by atomic mass is 10.1. The van der Waals surface area contributed by atoms with Crippen molar-refractivity contribution in [2.75, 3.05) is 18.4 Å². The molecule has 9 nitrogen and oxygen atoms in total. The molecule has 3 N–H and O–H groups in total. The van der Waals surface area contributed by atoms with Crippen LogP contribution in [0.25, 0.3) is 33.5 Å². The summed E-state index contributed by atoms with van der Waals surface area (Å²) in [5.74, 6) is -0.857. The molecule has 1 aliphatic heterocycles. The van der Waals surface area contributed by atoms with E-state index >= 15 is 0 Å². The average Bonchev–Trinajstić information content (AvgIpc) is 3.58. The molecule has 0 saturated heterocycles. The van der Waals surface area contributed by atoms with Crippen LogP contribution < -0.4 is 10.6 Å². The minimum absolute atomic E-state index is 0.0248. The first-order chi connectivity index (χ1) is 16.6. The van der Waals surface area contributed by atoms with E-state index in [1.165, 1.54) is 6.07 Å². The van der Waals surface area contributed by atoms with Crippen molar-refractivity contribution in [2.45, 2.75) is 13.0 Å². The molecule has 0 fully saturated rings. The van der Waals surface area contributed by atoms with Crippen molar-refractivity contribution >= 4 is 28.1 Å². The molecule has 1 aromatic carbocycles. The van der Waals surface area contributed by atoms with Crippen molar-refractivity contribution in [3.63, 3.8) is 0 Å². The fourth-order valence-corrected chi connectivity index (χ4v) is 4.20. The molecular weight excluding hydrogens is 440 g/mol. The Labute approximate surface area is 192 Å². The van der Waals surface area contributed by atoms with Crippen molar-refractivity contribution in [3.05, 3.63) is 66.1 Å². The van der Waals surface area contributed by atoms with Gasteiger partial charge in [-0.15, -0.1) is 0 Å². The number of hydrogen-bond acceptors (Lipinski definition) is 6. The van der Waals surface area contributed by atoms with E-state index in [4.69, 9.17) is 4.98 Å². The first kappa shape index (κ1) is 20.5. The first-order valence-electron chi connectivity index (χ1n) is 10.9. The molecule has 0 radical (unpaired) electrons. The molecule has 1 aliphatic rings. The van der Waals surface area contributed by atoms with E-state index in [9.17, 15) is 8.78 Å². The van der Waals surface area contributed by atoms with Gasteiger partial charge in [-0.25, -0.2) is 23.7 Å². The van der Waals surface area contributed by atoms with Crippen LogP contribution in [0.1, 0.15) is 17.9 Å². The van der Waals surface area contributed by atoms with E-state index in [-0.39, 0.29) is 12.1 Å². The summed E-state index contributed by atoms with van der Waals surface area (Å²) in [5.41, 5.74) is 4.88. The molecule has 11 heteroatoms. The highest BCUT2D eigenvalue weighted by molar-refractivity contribution is 5.76. The van der Waals surface area contributed by atoms with Crippen LogP contribution in [0.3, 0.4) is 0 Å². The van der Waals surface area contributed by atoms with Crippen LogP contribution in [0.4, 0.5) is 14.6 Å². The molecule has 4 aromatic heterocycles. The second-order valence-electron chi connectivity index (χ2n) is 8.19. The van der Waals surface area contributed by atoms with Crippen molar-refractivity contribution < 1.29 is 8.78 Å². The third-order valence-electron chi connectivity index (χ3n) is 5.90. The SMILES string of the molecule is Cn1cc(-c2cnc3c(NCc4nc5c(F)c(F)ccc5[nH]4)nc(C4=CCNCC4)cn23)cn1. The lowest BCUT2D eigenvalue weighted by Gasteiger charge is -2.16. The smallest absolute Gasteiger partial charge is 0.186 e. The largest absolute Gasteiger partial charge is 0.360 e. The molecule has 0 aliphatic carbocycles. The van der Waals surface area contributed by atoms with Gasteiger partial charge < -0.3 is 15.6 Å². The van der Waals surface area contributed by atoms with Crippen molar-refractivity contribution in [3.8, 4) is 11.3 Å². The van der Waals surface area contributed by atoms with Gasteiger partial charge in [0.05, 0.1) is 35.8 Å². The van der Waals surface area contributed by atoms with Gasteiger partial charge in [-0.2, -0.15) is 5.10 Å². The maximum Gasteiger partial charge on any atom is 0.186 e. The molecule has 5 heterocycles. The highest BCUT2D eigenvalue weighted by Gasteiger charge is 2.17. The zero-order valence-corrected chi connectivity index (χ0v) is 18.3. The summed E-state index contributed by atoms with van der Waals surface area (Å²) >= 11 is 0. The number of rotatable bonds is 5. The van der Waals surface area contributed by atoms with Crippen molar-refractivity contribution in [1.29, 1.82) is 0 Å². The van der Waals surface area contributed by atoms with Gasteiger partial charge in [0.1, 0.15) is 11.3 Å². The topological polar surface area (TPSA) is 101 Å². The predicted molar refractivity (Wildman–Crippen MR) is 124 cm³/mol. The molecule has 172 valence electrons. The number of aryl methyl sites for hydroxylation is 1. The second kappa shape index (κ2) is 8.03. The Kier molecular flexibility index (Phi) is 4.84. The number of imidazole rings is 2. The van der Waals surface area contributed by atoms with Crippen molar-refractivity contribution in [1.82, 2.24) is 39.4 Å². The summed E-state index contributed by atoms with van der Waals surface area (Å²) in [7, 11) is 1.87. The van der Waals surface area contributed by atoms with Gasteiger partial charge in [-0.1, -0.05) is 6.08 Å². The van der Waals surface area contributed by atoms with E-state index in [1.54, 1.807) is 17.1 Å². The molecule has 5 aromatic rings. The van der Waals surface area contributed by atoms with E-state index in [2.05, 4.69) is 36.8 Å². The van der Waals surface area contributed by atoms with E-state index in [0.29, 0.717) is 22.8 Å². The fourth-order valence-electron chi connectivity index (χ4n) is 4.20. The maximum atomic E-state index is 14.1. The molecule has 0 amide bonds. The number of H-pyrrole nitrogens is 1. The lowest BCUT2D eigenvalue weighted by molar-refractivity contribution is 0.515. The van der Waals surface area contributed by atoms with E-state index in [1.807, 2.05) is 23.8 Å². The number of fused-ring (bicyclic) bond motifs is 2. The Morgan fingerprint density at radius 1 is 1.15 bits per heavy atom. The van der Waals surface area contributed by atoms with Crippen molar-refractivity contribution in [2.24, 2.45) is 7.05 Å². The summed E-state index contributed by atoms with van der Waals surface area (Å²) < 4.78 is 31.4. The van der Waals surface area contributed by atoms with Gasteiger partial charge in [-0.3, -0.25) is 9.08 Å². The number of anilines is 1. The minimum Gasteiger partial charge on any atom is -0.360 e. The van der Waals surface area contributed by atoms with Gasteiger partial charge >= 0.3 is 0 Å². The van der Waals surface area contributed by atoms with Crippen LogP contribution in [-0.4, -0.2) is 47.2 Å². The maximum absolute atomic E-state index is 14.1. The summed E-state index contributed by atoms with van der Waals surface area (Å²) in [6, 6.07) is 2.55. The number of benzene rings is 1. The zero-order valence-electron chi connectivity index (χ0n) is 18.3. The Bertz CT molecular complexity index is 1560. The van der Waals surface area contributed by atoms with Crippen LogP contribution in [0.2, 0.25) is 0 Å². The summed E-state index contributed by atoms with van der Waals surface area (Å²) in [6.07, 6.45) is 10.5. The van der Waals surface area contributed by atoms with Gasteiger partial charge in [0.15, 0.2) is 23.1 Å². The number of nitrogens with one attached hydrogen (secondary N) is 3. The predicted octanol–water partition coefficient (Wildman–Crippen LogP) is 3.27. The third kappa shape index (κ3) is 3.50. The molecule has 0 atom stereocenters. The summed E-state index contributed by atoms with van der Waals surface area (Å²) in [6.45, 7) is 1.91. The number of hydrogen-bond donors (Lipinski definition) is 3. The summed E-state index contributed by atoms with van der Waals surface area (Å²) in [5, 5.41) is 10.9. The monoisotopic (exact) mass is 461 g/mol. The van der Waals surface area contributed by atoms with Gasteiger partial charge in [0.25, 0.3) is 0 Å². The number of aromatic nitrogens is 7. The van der Waals surface area contributed by atoms with Crippen LogP contribution >= 0.6 is 0 Å². The Morgan fingerprint density at radius 3 is 2.85 bits per heavy atom.